The molecule has 0 saturated heterocycles. The second-order valence-corrected chi connectivity index (χ2v) is 0.712. The average Bonchev–Trinajstić information content (AvgIpc) is 1.86. The van der Waals surface area contributed by atoms with E-state index < -0.39 is 0 Å². The topological polar surface area (TPSA) is 66.7 Å². The first-order valence-corrected chi connectivity index (χ1v) is 1.30. The number of hydrogen-bond donors (Lipinski definition) is 0. The Morgan fingerprint density at radius 1 is 1.67 bits per heavy atom. The summed E-state index contributed by atoms with van der Waals surface area (Å²) in [5, 5.41) is 18.8. The van der Waals surface area contributed by atoms with E-state index in [2.05, 4.69) is 15.5 Å². The van der Waals surface area contributed by atoms with E-state index in [9.17, 15) is 5.21 Å². The third kappa shape index (κ3) is 0.291. The zero-order chi connectivity index (χ0) is 4.41. The van der Waals surface area contributed by atoms with Crippen LogP contribution in [0.2, 0.25) is 0 Å². The van der Waals surface area contributed by atoms with E-state index in [1.165, 1.54) is 0 Å². The fourth-order valence-corrected chi connectivity index (χ4v) is 0.153. The summed E-state index contributed by atoms with van der Waals surface area (Å²) in [4.78, 5) is 0.278. The molecule has 1 heterocycles. The van der Waals surface area contributed by atoms with Gasteiger partial charge in [-0.2, -0.15) is 0 Å². The summed E-state index contributed by atoms with van der Waals surface area (Å²) < 4.78 is 0. The van der Waals surface area contributed by atoms with Crippen molar-refractivity contribution in [2.75, 3.05) is 0 Å². The zero-order valence-electron chi connectivity index (χ0n) is 2.77. The molecule has 6 heavy (non-hydrogen) atoms. The molecule has 1 aromatic heterocycles. The Balaban J connectivity index is 3.05. The molecule has 0 amide bonds. The van der Waals surface area contributed by atoms with E-state index in [-0.39, 0.29) is 4.85 Å². The molecule has 5 heteroatoms. The van der Waals surface area contributed by atoms with Gasteiger partial charge in [0.25, 0.3) is 0 Å². The Labute approximate surface area is 33.2 Å². The highest BCUT2D eigenvalue weighted by Crippen LogP contribution is 1.60. The Morgan fingerprint density at radius 2 is 2.50 bits per heavy atom. The molecule has 0 aliphatic heterocycles. The maximum absolute atomic E-state index is 9.75. The standard InChI is InChI=1S/CHN4O/c6-5-1-2-3-4-5/h1H/q-1. The number of nitrogens with zero attached hydrogens (tertiary/aromatic N) is 4. The molecule has 0 atom stereocenters. The van der Waals surface area contributed by atoms with Crippen LogP contribution >= 0.6 is 0 Å². The predicted molar refractivity (Wildman–Crippen MR) is 16.6 cm³/mol. The Morgan fingerprint density at radius 3 is 2.67 bits per heavy atom. The summed E-state index contributed by atoms with van der Waals surface area (Å²) in [6.45, 7) is 0. The lowest BCUT2D eigenvalue weighted by Crippen LogP contribution is -1.83. The molecule has 0 aliphatic carbocycles. The summed E-state index contributed by atoms with van der Waals surface area (Å²) >= 11 is 0. The Bertz CT molecular complexity index is 111. The molecule has 32 valence electrons. The van der Waals surface area contributed by atoms with Gasteiger partial charge in [0.15, 0.2) is 0 Å². The number of rotatable bonds is 0. The summed E-state index contributed by atoms with van der Waals surface area (Å²) in [7, 11) is 0. The minimum absolute atomic E-state index is 0.278. The second kappa shape index (κ2) is 0.925. The second-order valence-electron chi connectivity index (χ2n) is 0.712. The van der Waals surface area contributed by atoms with Gasteiger partial charge in [-0.25, -0.2) is 0 Å². The molecule has 0 spiro atoms. The lowest BCUT2D eigenvalue weighted by molar-refractivity contribution is 0.792. The molecule has 0 N–H and O–H groups in total. The van der Waals surface area contributed by atoms with Crippen molar-refractivity contribution in [2.45, 2.75) is 0 Å². The van der Waals surface area contributed by atoms with Crippen LogP contribution in [0.3, 0.4) is 0 Å². The zero-order valence-corrected chi connectivity index (χ0v) is 2.77. The maximum Gasteiger partial charge on any atom is 0.133 e. The minimum atomic E-state index is 0.278. The largest absolute Gasteiger partial charge is 0.788 e. The van der Waals surface area contributed by atoms with Crippen molar-refractivity contribution in [1.29, 1.82) is 0 Å². The highest BCUT2D eigenvalue weighted by molar-refractivity contribution is 4.46. The van der Waals surface area contributed by atoms with E-state index in [1.807, 2.05) is 0 Å². The first kappa shape index (κ1) is 3.08. The van der Waals surface area contributed by atoms with Gasteiger partial charge in [-0.05, 0) is 10.4 Å². The highest BCUT2D eigenvalue weighted by Gasteiger charge is 1.66. The van der Waals surface area contributed by atoms with Crippen molar-refractivity contribution >= 4 is 0 Å². The molecule has 0 saturated carbocycles. The van der Waals surface area contributed by atoms with Gasteiger partial charge < -0.3 is 5.21 Å². The fourth-order valence-electron chi connectivity index (χ4n) is 0.153. The third-order valence-corrected chi connectivity index (χ3v) is 0.330. The monoisotopic (exact) mass is 85.0 g/mol. The Kier molecular flexibility index (Phi) is 0.474. The first-order chi connectivity index (χ1) is 2.89. The van der Waals surface area contributed by atoms with Crippen LogP contribution in [-0.4, -0.2) is 20.4 Å². The van der Waals surface area contributed by atoms with Crippen LogP contribution < -0.4 is 0 Å². The van der Waals surface area contributed by atoms with Crippen molar-refractivity contribution in [3.05, 3.63) is 11.5 Å². The van der Waals surface area contributed by atoms with Crippen LogP contribution in [0.25, 0.3) is 0 Å². The van der Waals surface area contributed by atoms with Gasteiger partial charge in [0.1, 0.15) is 6.33 Å². The van der Waals surface area contributed by atoms with Crippen molar-refractivity contribution in [1.82, 2.24) is 20.4 Å². The smallest absolute Gasteiger partial charge is 0.133 e. The van der Waals surface area contributed by atoms with Crippen molar-refractivity contribution < 1.29 is 0 Å². The molecule has 0 aromatic carbocycles. The lowest BCUT2D eigenvalue weighted by atomic mass is 11.4. The molecule has 0 unspecified atom stereocenters. The van der Waals surface area contributed by atoms with E-state index in [0.29, 0.717) is 0 Å². The number of tetrazole rings is 1. The normalized spacial score (nSPS) is 8.67. The van der Waals surface area contributed by atoms with Crippen LogP contribution in [0, 0.1) is 5.21 Å². The summed E-state index contributed by atoms with van der Waals surface area (Å²) in [6, 6.07) is 0. The molecule has 0 radical (unpaired) electrons. The molecular formula is CHN4O-. The van der Waals surface area contributed by atoms with Gasteiger partial charge in [-0.1, -0.05) is 0 Å². The van der Waals surface area contributed by atoms with E-state index >= 15 is 0 Å². The van der Waals surface area contributed by atoms with Crippen LogP contribution in [-0.2, 0) is 0 Å². The van der Waals surface area contributed by atoms with Gasteiger partial charge in [-0.15, -0.1) is 5.10 Å². The number of hydrogen-bond acceptors (Lipinski definition) is 4. The van der Waals surface area contributed by atoms with Gasteiger partial charge >= 0.3 is 0 Å². The van der Waals surface area contributed by atoms with Crippen LogP contribution in [0.5, 0.6) is 0 Å². The summed E-state index contributed by atoms with van der Waals surface area (Å²) in [6.07, 6.45) is 0.972. The van der Waals surface area contributed by atoms with Gasteiger partial charge in [0.05, 0.1) is 0 Å². The molecule has 0 aliphatic rings. The summed E-state index contributed by atoms with van der Waals surface area (Å²) in [5.74, 6) is 0. The quantitative estimate of drug-likeness (QED) is 0.406. The fraction of sp³-hybridized carbons (Fsp3) is 0. The van der Waals surface area contributed by atoms with Crippen LogP contribution in [0.1, 0.15) is 0 Å². The molecule has 0 bridgehead atoms. The maximum atomic E-state index is 9.75. The molecular weight excluding hydrogens is 84.0 g/mol. The van der Waals surface area contributed by atoms with Gasteiger partial charge in [-0.3, -0.25) is 4.85 Å². The number of aromatic nitrogens is 4. The Hall–Kier alpha value is -1.13. The van der Waals surface area contributed by atoms with Crippen molar-refractivity contribution in [2.24, 2.45) is 0 Å². The average molecular weight is 85.0 g/mol. The van der Waals surface area contributed by atoms with Gasteiger partial charge in [0, 0.05) is 0 Å². The minimum Gasteiger partial charge on any atom is -0.788 e. The SMILES string of the molecule is [O-]n1cnnn1. The highest BCUT2D eigenvalue weighted by atomic mass is 16.5. The van der Waals surface area contributed by atoms with Crippen molar-refractivity contribution in [3.8, 4) is 0 Å². The summed E-state index contributed by atoms with van der Waals surface area (Å²) in [5.41, 5.74) is 0. The van der Waals surface area contributed by atoms with E-state index in [1.54, 1.807) is 0 Å². The van der Waals surface area contributed by atoms with Gasteiger partial charge in [0.2, 0.25) is 0 Å². The molecule has 1 aromatic rings. The predicted octanol–water partition coefficient (Wildman–Crippen LogP) is -0.981. The van der Waals surface area contributed by atoms with Crippen LogP contribution in [0.15, 0.2) is 6.33 Å². The molecule has 5 nitrogen and oxygen atoms in total. The first-order valence-electron chi connectivity index (χ1n) is 1.30. The lowest BCUT2D eigenvalue weighted by Gasteiger charge is -1.92. The van der Waals surface area contributed by atoms with Crippen LogP contribution in [0.4, 0.5) is 0 Å². The van der Waals surface area contributed by atoms with Crippen molar-refractivity contribution in [3.63, 3.8) is 0 Å². The van der Waals surface area contributed by atoms with E-state index in [4.69, 9.17) is 0 Å². The molecule has 1 rings (SSSR count). The molecule has 0 fully saturated rings. The third-order valence-electron chi connectivity index (χ3n) is 0.330. The van der Waals surface area contributed by atoms with E-state index in [0.717, 1.165) is 6.33 Å².